The highest BCUT2D eigenvalue weighted by Crippen LogP contribution is 2.22. The lowest BCUT2D eigenvalue weighted by atomic mass is 10.1. The standard InChI is InChI=1S/C22H21NO2/c1-17(22(24)23-16-18-8-4-2-5-9-18)25-21-14-12-20(13-15-21)19-10-6-3-7-11-19/h2-15,17H,16H2,1H3,(H,23,24). The first kappa shape index (κ1) is 16.8. The predicted octanol–water partition coefficient (Wildman–Crippen LogP) is 4.44. The van der Waals surface area contributed by atoms with Gasteiger partial charge in [0.1, 0.15) is 5.75 Å². The maximum Gasteiger partial charge on any atom is 0.261 e. The summed E-state index contributed by atoms with van der Waals surface area (Å²) in [5.41, 5.74) is 3.34. The third kappa shape index (κ3) is 4.70. The van der Waals surface area contributed by atoms with Crippen molar-refractivity contribution < 1.29 is 9.53 Å². The Bertz CT molecular complexity index is 798. The molecule has 0 saturated heterocycles. The van der Waals surface area contributed by atoms with Crippen molar-refractivity contribution in [2.75, 3.05) is 0 Å². The Kier molecular flexibility index (Phi) is 5.47. The summed E-state index contributed by atoms with van der Waals surface area (Å²) in [6.45, 7) is 2.26. The highest BCUT2D eigenvalue weighted by atomic mass is 16.5. The molecule has 3 heteroatoms. The SMILES string of the molecule is CC(Oc1ccc(-c2ccccc2)cc1)C(=O)NCc1ccccc1. The number of benzene rings is 3. The lowest BCUT2D eigenvalue weighted by Crippen LogP contribution is -2.35. The average molecular weight is 331 g/mol. The van der Waals surface area contributed by atoms with Crippen LogP contribution in [-0.4, -0.2) is 12.0 Å². The number of carbonyl (C=O) groups excluding carboxylic acids is 1. The van der Waals surface area contributed by atoms with Crippen molar-refractivity contribution in [1.82, 2.24) is 5.32 Å². The minimum Gasteiger partial charge on any atom is -0.481 e. The molecule has 126 valence electrons. The first-order valence-electron chi connectivity index (χ1n) is 8.36. The van der Waals surface area contributed by atoms with E-state index < -0.39 is 6.10 Å². The van der Waals surface area contributed by atoms with Gasteiger partial charge in [0.2, 0.25) is 0 Å². The maximum atomic E-state index is 12.2. The lowest BCUT2D eigenvalue weighted by Gasteiger charge is -2.15. The van der Waals surface area contributed by atoms with Gasteiger partial charge < -0.3 is 10.1 Å². The van der Waals surface area contributed by atoms with E-state index in [0.717, 1.165) is 16.7 Å². The highest BCUT2D eigenvalue weighted by molar-refractivity contribution is 5.80. The number of amides is 1. The summed E-state index contributed by atoms with van der Waals surface area (Å²) < 4.78 is 5.74. The molecule has 0 aromatic heterocycles. The van der Waals surface area contributed by atoms with E-state index in [1.54, 1.807) is 6.92 Å². The van der Waals surface area contributed by atoms with Gasteiger partial charge in [0.25, 0.3) is 5.91 Å². The molecule has 0 saturated carbocycles. The predicted molar refractivity (Wildman–Crippen MR) is 100 cm³/mol. The van der Waals surface area contributed by atoms with Gasteiger partial charge >= 0.3 is 0 Å². The van der Waals surface area contributed by atoms with Gasteiger partial charge in [-0.25, -0.2) is 0 Å². The van der Waals surface area contributed by atoms with E-state index in [0.29, 0.717) is 12.3 Å². The zero-order valence-electron chi connectivity index (χ0n) is 14.2. The zero-order valence-corrected chi connectivity index (χ0v) is 14.2. The summed E-state index contributed by atoms with van der Waals surface area (Å²) in [5, 5.41) is 2.89. The molecule has 0 fully saturated rings. The van der Waals surface area contributed by atoms with E-state index in [-0.39, 0.29) is 5.91 Å². The molecule has 3 rings (SSSR count). The van der Waals surface area contributed by atoms with Gasteiger partial charge in [-0.05, 0) is 35.7 Å². The summed E-state index contributed by atoms with van der Waals surface area (Å²) in [7, 11) is 0. The Labute approximate surface area is 148 Å². The van der Waals surface area contributed by atoms with Crippen LogP contribution in [0.15, 0.2) is 84.9 Å². The second-order valence-electron chi connectivity index (χ2n) is 5.85. The van der Waals surface area contributed by atoms with Crippen LogP contribution in [0.2, 0.25) is 0 Å². The van der Waals surface area contributed by atoms with Gasteiger partial charge in [-0.1, -0.05) is 72.8 Å². The summed E-state index contributed by atoms with van der Waals surface area (Å²) in [4.78, 5) is 12.2. The molecular formula is C22H21NO2. The molecule has 25 heavy (non-hydrogen) atoms. The minimum absolute atomic E-state index is 0.129. The summed E-state index contributed by atoms with van der Waals surface area (Å²) in [5.74, 6) is 0.554. The van der Waals surface area contributed by atoms with Crippen LogP contribution >= 0.6 is 0 Å². The fourth-order valence-electron chi connectivity index (χ4n) is 2.54. The van der Waals surface area contributed by atoms with Crippen molar-refractivity contribution in [1.29, 1.82) is 0 Å². The van der Waals surface area contributed by atoms with Crippen LogP contribution in [0.4, 0.5) is 0 Å². The second-order valence-corrected chi connectivity index (χ2v) is 5.85. The molecular weight excluding hydrogens is 310 g/mol. The molecule has 0 bridgehead atoms. The van der Waals surface area contributed by atoms with Crippen molar-refractivity contribution in [3.8, 4) is 16.9 Å². The van der Waals surface area contributed by atoms with Crippen LogP contribution in [0.3, 0.4) is 0 Å². The molecule has 0 aliphatic rings. The molecule has 1 N–H and O–H groups in total. The molecule has 1 unspecified atom stereocenters. The largest absolute Gasteiger partial charge is 0.481 e. The summed E-state index contributed by atoms with van der Waals surface area (Å²) in [6.07, 6.45) is -0.550. The fraction of sp³-hybridized carbons (Fsp3) is 0.136. The Morgan fingerprint density at radius 2 is 1.40 bits per heavy atom. The van der Waals surface area contributed by atoms with Crippen molar-refractivity contribution in [3.05, 3.63) is 90.5 Å². The zero-order chi connectivity index (χ0) is 17.5. The van der Waals surface area contributed by atoms with E-state index in [9.17, 15) is 4.79 Å². The first-order valence-corrected chi connectivity index (χ1v) is 8.36. The van der Waals surface area contributed by atoms with Crippen molar-refractivity contribution in [2.24, 2.45) is 0 Å². The summed E-state index contributed by atoms with van der Waals surface area (Å²) >= 11 is 0. The third-order valence-electron chi connectivity index (χ3n) is 3.95. The van der Waals surface area contributed by atoms with E-state index >= 15 is 0 Å². The smallest absolute Gasteiger partial charge is 0.261 e. The number of nitrogens with one attached hydrogen (secondary N) is 1. The van der Waals surface area contributed by atoms with E-state index in [2.05, 4.69) is 17.4 Å². The van der Waals surface area contributed by atoms with Crippen molar-refractivity contribution in [3.63, 3.8) is 0 Å². The summed E-state index contributed by atoms with van der Waals surface area (Å²) in [6, 6.07) is 27.8. The second kappa shape index (κ2) is 8.15. The molecule has 0 spiro atoms. The van der Waals surface area contributed by atoms with Crippen LogP contribution in [0.5, 0.6) is 5.75 Å². The molecule has 3 aromatic carbocycles. The van der Waals surface area contributed by atoms with Crippen molar-refractivity contribution in [2.45, 2.75) is 19.6 Å². The molecule has 3 aromatic rings. The molecule has 1 atom stereocenters. The Hall–Kier alpha value is -3.07. The van der Waals surface area contributed by atoms with Gasteiger partial charge in [-0.2, -0.15) is 0 Å². The quantitative estimate of drug-likeness (QED) is 0.725. The maximum absolute atomic E-state index is 12.2. The Morgan fingerprint density at radius 3 is 2.04 bits per heavy atom. The molecule has 0 aliphatic carbocycles. The fourth-order valence-corrected chi connectivity index (χ4v) is 2.54. The van der Waals surface area contributed by atoms with E-state index in [1.165, 1.54) is 0 Å². The van der Waals surface area contributed by atoms with Crippen LogP contribution < -0.4 is 10.1 Å². The van der Waals surface area contributed by atoms with Crippen LogP contribution in [0, 0.1) is 0 Å². The number of rotatable bonds is 6. The average Bonchev–Trinajstić information content (AvgIpc) is 2.68. The molecule has 3 nitrogen and oxygen atoms in total. The van der Waals surface area contributed by atoms with Gasteiger partial charge in [-0.15, -0.1) is 0 Å². The number of hydrogen-bond donors (Lipinski definition) is 1. The van der Waals surface area contributed by atoms with Gasteiger partial charge in [0.15, 0.2) is 6.10 Å². The Morgan fingerprint density at radius 1 is 0.840 bits per heavy atom. The Balaban J connectivity index is 1.55. The van der Waals surface area contributed by atoms with Gasteiger partial charge in [0.05, 0.1) is 0 Å². The number of ether oxygens (including phenoxy) is 1. The van der Waals surface area contributed by atoms with Crippen LogP contribution in [0.25, 0.3) is 11.1 Å². The number of carbonyl (C=O) groups is 1. The first-order chi connectivity index (χ1) is 12.2. The van der Waals surface area contributed by atoms with Crippen LogP contribution in [0.1, 0.15) is 12.5 Å². The van der Waals surface area contributed by atoms with E-state index in [1.807, 2.05) is 72.8 Å². The van der Waals surface area contributed by atoms with Crippen LogP contribution in [-0.2, 0) is 11.3 Å². The third-order valence-corrected chi connectivity index (χ3v) is 3.95. The molecule has 0 heterocycles. The van der Waals surface area contributed by atoms with Crippen molar-refractivity contribution >= 4 is 5.91 Å². The number of hydrogen-bond acceptors (Lipinski definition) is 2. The minimum atomic E-state index is -0.550. The monoisotopic (exact) mass is 331 g/mol. The van der Waals surface area contributed by atoms with Gasteiger partial charge in [-0.3, -0.25) is 4.79 Å². The molecule has 0 radical (unpaired) electrons. The van der Waals surface area contributed by atoms with Gasteiger partial charge in [0, 0.05) is 6.54 Å². The normalized spacial score (nSPS) is 11.6. The highest BCUT2D eigenvalue weighted by Gasteiger charge is 2.14. The molecule has 1 amide bonds. The molecule has 0 aliphatic heterocycles. The topological polar surface area (TPSA) is 38.3 Å². The lowest BCUT2D eigenvalue weighted by molar-refractivity contribution is -0.127. The van der Waals surface area contributed by atoms with E-state index in [4.69, 9.17) is 4.74 Å².